The number of pyridine rings is 2. The van der Waals surface area contributed by atoms with E-state index in [1.807, 2.05) is 36.5 Å². The molecule has 0 fully saturated rings. The minimum absolute atomic E-state index is 0.671. The normalized spacial score (nSPS) is 10.6. The van der Waals surface area contributed by atoms with Gasteiger partial charge in [-0.2, -0.15) is 0 Å². The van der Waals surface area contributed by atoms with E-state index in [1.54, 1.807) is 12.4 Å². The Balaban J connectivity index is 2.22. The fourth-order valence-electron chi connectivity index (χ4n) is 1.89. The van der Waals surface area contributed by atoms with Crippen molar-refractivity contribution in [1.82, 2.24) is 9.97 Å². The Labute approximate surface area is 98.9 Å². The number of fused-ring (bicyclic) bond motifs is 1. The molecular formula is C14H11N3. The molecule has 0 aliphatic carbocycles. The standard InChI is InChI=1S/C14H11N3/c15-13-9-16-6-5-12(13)11-7-10-3-1-2-4-14(10)17-8-11/h1-9H,15H2. The quantitative estimate of drug-likeness (QED) is 0.687. The molecule has 0 radical (unpaired) electrons. The Morgan fingerprint density at radius 3 is 2.76 bits per heavy atom. The summed E-state index contributed by atoms with van der Waals surface area (Å²) in [6.07, 6.45) is 5.24. The molecule has 2 N–H and O–H groups in total. The molecule has 0 atom stereocenters. The molecule has 0 unspecified atom stereocenters. The summed E-state index contributed by atoms with van der Waals surface area (Å²) in [6.45, 7) is 0. The van der Waals surface area contributed by atoms with Gasteiger partial charge in [0.25, 0.3) is 0 Å². The van der Waals surface area contributed by atoms with Crippen molar-refractivity contribution in [3.63, 3.8) is 0 Å². The second-order valence-corrected chi connectivity index (χ2v) is 3.88. The summed E-state index contributed by atoms with van der Waals surface area (Å²) in [5, 5.41) is 1.11. The van der Waals surface area contributed by atoms with Gasteiger partial charge < -0.3 is 5.73 Å². The monoisotopic (exact) mass is 221 g/mol. The number of nitrogens with zero attached hydrogens (tertiary/aromatic N) is 2. The predicted molar refractivity (Wildman–Crippen MR) is 69.4 cm³/mol. The van der Waals surface area contributed by atoms with E-state index in [4.69, 9.17) is 5.73 Å². The smallest absolute Gasteiger partial charge is 0.0702 e. The number of benzene rings is 1. The topological polar surface area (TPSA) is 51.8 Å². The van der Waals surface area contributed by atoms with E-state index in [0.717, 1.165) is 22.0 Å². The average Bonchev–Trinajstić information content (AvgIpc) is 2.39. The summed E-state index contributed by atoms with van der Waals surface area (Å²) in [5.41, 5.74) is 9.55. The molecule has 0 spiro atoms. The van der Waals surface area contributed by atoms with Crippen LogP contribution in [0.3, 0.4) is 0 Å². The van der Waals surface area contributed by atoms with Gasteiger partial charge in [0, 0.05) is 28.9 Å². The third-order valence-corrected chi connectivity index (χ3v) is 2.75. The highest BCUT2D eigenvalue weighted by Gasteiger charge is 2.03. The maximum Gasteiger partial charge on any atom is 0.0702 e. The molecular weight excluding hydrogens is 210 g/mol. The number of rotatable bonds is 1. The van der Waals surface area contributed by atoms with Gasteiger partial charge in [0.05, 0.1) is 17.4 Å². The second-order valence-electron chi connectivity index (χ2n) is 3.88. The molecule has 82 valence electrons. The molecule has 1 aromatic carbocycles. The van der Waals surface area contributed by atoms with E-state index in [2.05, 4.69) is 16.0 Å². The van der Waals surface area contributed by atoms with Gasteiger partial charge in [0.1, 0.15) is 0 Å². The van der Waals surface area contributed by atoms with Crippen LogP contribution in [0.5, 0.6) is 0 Å². The van der Waals surface area contributed by atoms with Crippen LogP contribution in [0.4, 0.5) is 5.69 Å². The van der Waals surface area contributed by atoms with Crippen LogP contribution in [0.15, 0.2) is 55.0 Å². The van der Waals surface area contributed by atoms with Crippen molar-refractivity contribution in [3.8, 4) is 11.1 Å². The zero-order chi connectivity index (χ0) is 11.7. The molecule has 0 amide bonds. The zero-order valence-electron chi connectivity index (χ0n) is 9.17. The number of para-hydroxylation sites is 1. The van der Waals surface area contributed by atoms with Crippen molar-refractivity contribution < 1.29 is 0 Å². The fourth-order valence-corrected chi connectivity index (χ4v) is 1.89. The summed E-state index contributed by atoms with van der Waals surface area (Å²) in [4.78, 5) is 8.41. The van der Waals surface area contributed by atoms with Gasteiger partial charge in [0.15, 0.2) is 0 Å². The lowest BCUT2D eigenvalue weighted by Gasteiger charge is -2.05. The van der Waals surface area contributed by atoms with Crippen molar-refractivity contribution >= 4 is 16.6 Å². The van der Waals surface area contributed by atoms with Gasteiger partial charge in [0.2, 0.25) is 0 Å². The minimum Gasteiger partial charge on any atom is -0.397 e. The maximum absolute atomic E-state index is 5.91. The third kappa shape index (κ3) is 1.72. The number of anilines is 1. The highest BCUT2D eigenvalue weighted by atomic mass is 14.7. The van der Waals surface area contributed by atoms with E-state index in [0.29, 0.717) is 5.69 Å². The zero-order valence-corrected chi connectivity index (χ0v) is 9.17. The molecule has 17 heavy (non-hydrogen) atoms. The maximum atomic E-state index is 5.91. The van der Waals surface area contributed by atoms with Gasteiger partial charge in [-0.25, -0.2) is 0 Å². The van der Waals surface area contributed by atoms with Crippen LogP contribution in [0.2, 0.25) is 0 Å². The van der Waals surface area contributed by atoms with E-state index < -0.39 is 0 Å². The summed E-state index contributed by atoms with van der Waals surface area (Å²) in [5.74, 6) is 0. The van der Waals surface area contributed by atoms with Crippen LogP contribution in [-0.4, -0.2) is 9.97 Å². The molecule has 2 heterocycles. The molecule has 0 saturated carbocycles. The molecule has 3 rings (SSSR count). The molecule has 3 aromatic rings. The van der Waals surface area contributed by atoms with E-state index in [9.17, 15) is 0 Å². The highest BCUT2D eigenvalue weighted by molar-refractivity contribution is 5.85. The van der Waals surface area contributed by atoms with E-state index in [1.165, 1.54) is 0 Å². The third-order valence-electron chi connectivity index (χ3n) is 2.75. The largest absolute Gasteiger partial charge is 0.397 e. The lowest BCUT2D eigenvalue weighted by molar-refractivity contribution is 1.33. The Bertz CT molecular complexity index is 677. The number of aromatic nitrogens is 2. The highest BCUT2D eigenvalue weighted by Crippen LogP contribution is 2.26. The van der Waals surface area contributed by atoms with Gasteiger partial charge in [-0.3, -0.25) is 9.97 Å². The Kier molecular flexibility index (Phi) is 2.22. The van der Waals surface area contributed by atoms with Crippen molar-refractivity contribution in [2.75, 3.05) is 5.73 Å². The van der Waals surface area contributed by atoms with Crippen molar-refractivity contribution in [3.05, 3.63) is 55.0 Å². The first kappa shape index (κ1) is 9.78. The molecule has 3 heteroatoms. The van der Waals surface area contributed by atoms with E-state index in [-0.39, 0.29) is 0 Å². The van der Waals surface area contributed by atoms with Crippen molar-refractivity contribution in [2.24, 2.45) is 0 Å². The molecule has 3 nitrogen and oxygen atoms in total. The van der Waals surface area contributed by atoms with Crippen molar-refractivity contribution in [1.29, 1.82) is 0 Å². The van der Waals surface area contributed by atoms with Gasteiger partial charge >= 0.3 is 0 Å². The Morgan fingerprint density at radius 1 is 1.00 bits per heavy atom. The van der Waals surface area contributed by atoms with Gasteiger partial charge in [-0.15, -0.1) is 0 Å². The van der Waals surface area contributed by atoms with Crippen LogP contribution >= 0.6 is 0 Å². The number of nitrogen functional groups attached to an aromatic ring is 1. The number of hydrogen-bond donors (Lipinski definition) is 1. The Morgan fingerprint density at radius 2 is 1.88 bits per heavy atom. The first-order valence-corrected chi connectivity index (χ1v) is 5.39. The molecule has 0 aliphatic heterocycles. The van der Waals surface area contributed by atoms with Crippen molar-refractivity contribution in [2.45, 2.75) is 0 Å². The summed E-state index contributed by atoms with van der Waals surface area (Å²) < 4.78 is 0. The van der Waals surface area contributed by atoms with Crippen LogP contribution in [0.1, 0.15) is 0 Å². The fraction of sp³-hybridized carbons (Fsp3) is 0. The van der Waals surface area contributed by atoms with Crippen LogP contribution in [-0.2, 0) is 0 Å². The second kappa shape index (κ2) is 3.87. The predicted octanol–water partition coefficient (Wildman–Crippen LogP) is 2.88. The first-order valence-electron chi connectivity index (χ1n) is 5.39. The summed E-state index contributed by atoms with van der Waals surface area (Å²) >= 11 is 0. The average molecular weight is 221 g/mol. The van der Waals surface area contributed by atoms with Crippen LogP contribution in [0, 0.1) is 0 Å². The summed E-state index contributed by atoms with van der Waals surface area (Å²) in [7, 11) is 0. The molecule has 0 aliphatic rings. The minimum atomic E-state index is 0.671. The van der Waals surface area contributed by atoms with E-state index >= 15 is 0 Å². The Hall–Kier alpha value is -2.42. The number of hydrogen-bond acceptors (Lipinski definition) is 3. The van der Waals surface area contributed by atoms with Gasteiger partial charge in [-0.1, -0.05) is 18.2 Å². The molecule has 0 bridgehead atoms. The molecule has 2 aromatic heterocycles. The SMILES string of the molecule is Nc1cnccc1-c1cnc2ccccc2c1. The van der Waals surface area contributed by atoms with Crippen LogP contribution < -0.4 is 5.73 Å². The van der Waals surface area contributed by atoms with Crippen LogP contribution in [0.25, 0.3) is 22.0 Å². The first-order chi connectivity index (χ1) is 8.34. The number of nitrogens with two attached hydrogens (primary N) is 1. The van der Waals surface area contributed by atoms with Gasteiger partial charge in [-0.05, 0) is 18.2 Å². The lowest BCUT2D eigenvalue weighted by Crippen LogP contribution is -1.91. The molecule has 0 saturated heterocycles. The summed E-state index contributed by atoms with van der Waals surface area (Å²) in [6, 6.07) is 12.0. The lowest BCUT2D eigenvalue weighted by atomic mass is 10.1.